The van der Waals surface area contributed by atoms with Crippen LogP contribution in [0, 0.1) is 32.6 Å². The third-order valence-corrected chi connectivity index (χ3v) is 6.09. The Kier molecular flexibility index (Phi) is 4.12. The van der Waals surface area contributed by atoms with Crippen LogP contribution in [0.2, 0.25) is 0 Å². The molecule has 1 N–H and O–H groups in total. The third kappa shape index (κ3) is 2.77. The predicted octanol–water partition coefficient (Wildman–Crippen LogP) is 3.64. The number of fused-ring (bicyclic) bond motifs is 1. The van der Waals surface area contributed by atoms with Crippen LogP contribution in [0.5, 0.6) is 0 Å². The van der Waals surface area contributed by atoms with E-state index >= 15 is 0 Å². The zero-order chi connectivity index (χ0) is 17.6. The summed E-state index contributed by atoms with van der Waals surface area (Å²) in [5, 5.41) is 3.52. The molecule has 0 saturated carbocycles. The zero-order valence-corrected chi connectivity index (χ0v) is 15.3. The monoisotopic (exact) mass is 334 g/mol. The molecular formula is C22H26N2O. The summed E-state index contributed by atoms with van der Waals surface area (Å²) in [7, 11) is 0. The van der Waals surface area contributed by atoms with Crippen LogP contribution in [0.3, 0.4) is 0 Å². The van der Waals surface area contributed by atoms with Gasteiger partial charge in [-0.3, -0.25) is 4.79 Å². The summed E-state index contributed by atoms with van der Waals surface area (Å²) in [5.74, 6) is 1.24. The molecule has 4 rings (SSSR count). The van der Waals surface area contributed by atoms with Crippen LogP contribution in [0.15, 0.2) is 42.5 Å². The number of nitrogens with zero attached hydrogens (tertiary/aromatic N) is 1. The SMILES string of the molecule is Cc1ccc(C(=O)N2C[C@@H]3CNC[C@@H]3[C@@H]2c2ccccc2C)cc1C. The Labute approximate surface area is 150 Å². The minimum absolute atomic E-state index is 0.172. The molecule has 2 aromatic carbocycles. The quantitative estimate of drug-likeness (QED) is 0.909. The number of aryl methyl sites for hydroxylation is 3. The van der Waals surface area contributed by atoms with Crippen molar-refractivity contribution in [3.05, 3.63) is 70.3 Å². The van der Waals surface area contributed by atoms with Crippen molar-refractivity contribution in [2.45, 2.75) is 26.8 Å². The van der Waals surface area contributed by atoms with E-state index < -0.39 is 0 Å². The van der Waals surface area contributed by atoms with E-state index in [-0.39, 0.29) is 11.9 Å². The van der Waals surface area contributed by atoms with Gasteiger partial charge in [0.2, 0.25) is 0 Å². The second kappa shape index (κ2) is 6.30. The van der Waals surface area contributed by atoms with E-state index in [9.17, 15) is 4.79 Å². The van der Waals surface area contributed by atoms with E-state index in [1.54, 1.807) is 0 Å². The van der Waals surface area contributed by atoms with Gasteiger partial charge in [-0.25, -0.2) is 0 Å². The first kappa shape index (κ1) is 16.3. The first-order valence-electron chi connectivity index (χ1n) is 9.20. The van der Waals surface area contributed by atoms with Gasteiger partial charge in [0.05, 0.1) is 6.04 Å². The lowest BCUT2D eigenvalue weighted by molar-refractivity contribution is 0.0713. The number of nitrogens with one attached hydrogen (secondary N) is 1. The minimum Gasteiger partial charge on any atom is -0.331 e. The second-order valence-electron chi connectivity index (χ2n) is 7.64. The topological polar surface area (TPSA) is 32.3 Å². The molecule has 2 aliphatic heterocycles. The molecule has 2 saturated heterocycles. The first-order valence-corrected chi connectivity index (χ1v) is 9.20. The number of carbonyl (C=O) groups excluding carboxylic acids is 1. The minimum atomic E-state index is 0.172. The molecule has 0 spiro atoms. The molecule has 2 fully saturated rings. The summed E-state index contributed by atoms with van der Waals surface area (Å²) in [4.78, 5) is 15.5. The number of hydrogen-bond acceptors (Lipinski definition) is 2. The van der Waals surface area contributed by atoms with Gasteiger partial charge >= 0.3 is 0 Å². The van der Waals surface area contributed by atoms with Gasteiger partial charge in [0.25, 0.3) is 5.91 Å². The summed E-state index contributed by atoms with van der Waals surface area (Å²) < 4.78 is 0. The summed E-state index contributed by atoms with van der Waals surface area (Å²) in [6, 6.07) is 14.8. The number of rotatable bonds is 2. The molecule has 25 heavy (non-hydrogen) atoms. The second-order valence-corrected chi connectivity index (χ2v) is 7.64. The van der Waals surface area contributed by atoms with Gasteiger partial charge in [0, 0.05) is 31.1 Å². The molecule has 0 aromatic heterocycles. The molecule has 2 aliphatic rings. The number of likely N-dealkylation sites (tertiary alicyclic amines) is 1. The van der Waals surface area contributed by atoms with Gasteiger partial charge in [0.1, 0.15) is 0 Å². The van der Waals surface area contributed by atoms with Crippen molar-refractivity contribution >= 4 is 5.91 Å². The van der Waals surface area contributed by atoms with Crippen molar-refractivity contribution in [3.63, 3.8) is 0 Å². The Morgan fingerprint density at radius 3 is 2.56 bits per heavy atom. The number of benzene rings is 2. The van der Waals surface area contributed by atoms with Crippen molar-refractivity contribution in [3.8, 4) is 0 Å². The summed E-state index contributed by atoms with van der Waals surface area (Å²) >= 11 is 0. The van der Waals surface area contributed by atoms with Crippen LogP contribution in [0.25, 0.3) is 0 Å². The molecule has 0 aliphatic carbocycles. The maximum Gasteiger partial charge on any atom is 0.254 e. The van der Waals surface area contributed by atoms with Crippen molar-refractivity contribution in [1.29, 1.82) is 0 Å². The highest BCUT2D eigenvalue weighted by molar-refractivity contribution is 5.95. The van der Waals surface area contributed by atoms with Crippen LogP contribution in [-0.2, 0) is 0 Å². The maximum atomic E-state index is 13.3. The van der Waals surface area contributed by atoms with E-state index in [4.69, 9.17) is 0 Å². The van der Waals surface area contributed by atoms with Crippen LogP contribution < -0.4 is 5.32 Å². The summed E-state index contributed by atoms with van der Waals surface area (Å²) in [5.41, 5.74) is 5.80. The Morgan fingerprint density at radius 2 is 1.80 bits per heavy atom. The van der Waals surface area contributed by atoms with Crippen molar-refractivity contribution in [2.24, 2.45) is 11.8 Å². The van der Waals surface area contributed by atoms with Crippen LogP contribution in [0.1, 0.15) is 38.7 Å². The Morgan fingerprint density at radius 1 is 1.00 bits per heavy atom. The molecular weight excluding hydrogens is 308 g/mol. The molecule has 2 aromatic rings. The molecule has 3 nitrogen and oxygen atoms in total. The summed E-state index contributed by atoms with van der Waals surface area (Å²) in [6.45, 7) is 9.19. The molecule has 0 unspecified atom stereocenters. The lowest BCUT2D eigenvalue weighted by atomic mass is 9.87. The van der Waals surface area contributed by atoms with E-state index in [0.717, 1.165) is 25.2 Å². The van der Waals surface area contributed by atoms with Crippen molar-refractivity contribution in [2.75, 3.05) is 19.6 Å². The fourth-order valence-electron chi connectivity index (χ4n) is 4.49. The van der Waals surface area contributed by atoms with Crippen LogP contribution in [-0.4, -0.2) is 30.4 Å². The molecule has 3 atom stereocenters. The van der Waals surface area contributed by atoms with E-state index in [0.29, 0.717) is 11.8 Å². The smallest absolute Gasteiger partial charge is 0.254 e. The average molecular weight is 334 g/mol. The average Bonchev–Trinajstić information content (AvgIpc) is 3.18. The Hall–Kier alpha value is -2.13. The molecule has 1 amide bonds. The molecule has 0 radical (unpaired) electrons. The highest BCUT2D eigenvalue weighted by atomic mass is 16.2. The van der Waals surface area contributed by atoms with Gasteiger partial charge < -0.3 is 10.2 Å². The molecule has 0 bridgehead atoms. The largest absolute Gasteiger partial charge is 0.331 e. The van der Waals surface area contributed by atoms with Crippen molar-refractivity contribution in [1.82, 2.24) is 10.2 Å². The van der Waals surface area contributed by atoms with E-state index in [2.05, 4.69) is 61.3 Å². The van der Waals surface area contributed by atoms with Gasteiger partial charge in [-0.1, -0.05) is 30.3 Å². The lowest BCUT2D eigenvalue weighted by Crippen LogP contribution is -2.35. The fourth-order valence-corrected chi connectivity index (χ4v) is 4.49. The van der Waals surface area contributed by atoms with Crippen molar-refractivity contribution < 1.29 is 4.79 Å². The zero-order valence-electron chi connectivity index (χ0n) is 15.3. The number of carbonyl (C=O) groups is 1. The normalized spacial score (nSPS) is 25.2. The van der Waals surface area contributed by atoms with Gasteiger partial charge in [0.15, 0.2) is 0 Å². The molecule has 130 valence electrons. The number of amides is 1. The molecule has 3 heteroatoms. The standard InChI is InChI=1S/C22H26N2O/c1-14-8-9-17(10-16(14)3)22(25)24-13-18-11-23-12-20(18)21(24)19-7-5-4-6-15(19)2/h4-10,18,20-21,23H,11-13H2,1-3H3/t18-,20-,21-/m0/s1. The van der Waals surface area contributed by atoms with Gasteiger partial charge in [-0.15, -0.1) is 0 Å². The predicted molar refractivity (Wildman–Crippen MR) is 101 cm³/mol. The maximum absolute atomic E-state index is 13.3. The van der Waals surface area contributed by atoms with Gasteiger partial charge in [-0.05, 0) is 61.1 Å². The lowest BCUT2D eigenvalue weighted by Gasteiger charge is -2.30. The summed E-state index contributed by atoms with van der Waals surface area (Å²) in [6.07, 6.45) is 0. The van der Waals surface area contributed by atoms with Crippen LogP contribution in [0.4, 0.5) is 0 Å². The van der Waals surface area contributed by atoms with E-state index in [1.807, 2.05) is 12.1 Å². The highest BCUT2D eigenvalue weighted by Crippen LogP contribution is 2.44. The fraction of sp³-hybridized carbons (Fsp3) is 0.409. The Balaban J connectivity index is 1.73. The highest BCUT2D eigenvalue weighted by Gasteiger charge is 2.47. The first-order chi connectivity index (χ1) is 12.1. The molecule has 2 heterocycles. The third-order valence-electron chi connectivity index (χ3n) is 6.09. The van der Waals surface area contributed by atoms with Gasteiger partial charge in [-0.2, -0.15) is 0 Å². The Bertz CT molecular complexity index is 813. The number of hydrogen-bond donors (Lipinski definition) is 1. The van der Waals surface area contributed by atoms with Crippen LogP contribution >= 0.6 is 0 Å². The van der Waals surface area contributed by atoms with E-state index in [1.165, 1.54) is 22.3 Å².